The van der Waals surface area contributed by atoms with Gasteiger partial charge in [-0.1, -0.05) is 0 Å². The summed E-state index contributed by atoms with van der Waals surface area (Å²) >= 11 is 0.818. The van der Waals surface area contributed by atoms with E-state index in [0.29, 0.717) is 5.75 Å². The van der Waals surface area contributed by atoms with E-state index >= 15 is 0 Å². The van der Waals surface area contributed by atoms with Crippen molar-refractivity contribution < 1.29 is 13.2 Å². The summed E-state index contributed by atoms with van der Waals surface area (Å²) in [5, 5.41) is 0. The summed E-state index contributed by atoms with van der Waals surface area (Å²) in [5.41, 5.74) is 5.23. The second kappa shape index (κ2) is 5.97. The predicted octanol–water partition coefficient (Wildman–Crippen LogP) is 2.05. The fourth-order valence-corrected chi connectivity index (χ4v) is 1.08. The minimum atomic E-state index is -4.06. The normalized spacial score (nSPS) is 13.9. The van der Waals surface area contributed by atoms with E-state index in [9.17, 15) is 13.2 Å². The maximum absolute atomic E-state index is 11.4. The van der Waals surface area contributed by atoms with E-state index in [1.807, 2.05) is 0 Å². The highest BCUT2D eigenvalue weighted by Gasteiger charge is 2.26. The van der Waals surface area contributed by atoms with E-state index in [2.05, 4.69) is 0 Å². The molecular weight excluding hydrogens is 199 g/mol. The molecule has 6 heteroatoms. The third kappa shape index (κ3) is 13.4. The molecule has 1 nitrogen and oxygen atoms in total. The molecule has 0 radical (unpaired) electrons. The molecule has 0 aromatic rings. The first-order valence-electron chi connectivity index (χ1n) is 2.82. The smallest absolute Gasteiger partial charge is 0.327 e. The van der Waals surface area contributed by atoms with Gasteiger partial charge in [0.1, 0.15) is 0 Å². The van der Waals surface area contributed by atoms with Crippen molar-refractivity contribution in [2.24, 2.45) is 5.73 Å². The summed E-state index contributed by atoms with van der Waals surface area (Å²) in [6.07, 6.45) is -4.06. The number of alkyl halides is 3. The minimum absolute atomic E-state index is 0. The van der Waals surface area contributed by atoms with E-state index in [1.165, 1.54) is 0 Å². The molecule has 0 aliphatic heterocycles. The van der Waals surface area contributed by atoms with Crippen LogP contribution >= 0.6 is 24.2 Å². The quantitative estimate of drug-likeness (QED) is 0.770. The largest absolute Gasteiger partial charge is 0.397 e. The molecule has 0 fully saturated rings. The lowest BCUT2D eigenvalue weighted by molar-refractivity contribution is -0.105. The van der Waals surface area contributed by atoms with Crippen LogP contribution in [0.5, 0.6) is 0 Å². The molecule has 0 bridgehead atoms. The Morgan fingerprint density at radius 2 is 1.91 bits per heavy atom. The van der Waals surface area contributed by atoms with Crippen LogP contribution in [0.4, 0.5) is 13.2 Å². The Labute approximate surface area is 74.3 Å². The van der Waals surface area contributed by atoms with Crippen LogP contribution < -0.4 is 5.73 Å². The molecule has 0 aliphatic carbocycles. The second-order valence-corrected chi connectivity index (χ2v) is 3.14. The highest BCUT2D eigenvalue weighted by atomic mass is 35.5. The average Bonchev–Trinajstić information content (AvgIpc) is 1.59. The minimum Gasteiger partial charge on any atom is -0.327 e. The second-order valence-electron chi connectivity index (χ2n) is 2.11. The molecule has 0 aromatic carbocycles. The summed E-state index contributed by atoms with van der Waals surface area (Å²) in [4.78, 5) is 0. The number of thioether (sulfide) groups is 1. The highest BCUT2D eigenvalue weighted by Crippen LogP contribution is 2.20. The van der Waals surface area contributed by atoms with Crippen molar-refractivity contribution in [3.8, 4) is 0 Å². The van der Waals surface area contributed by atoms with Gasteiger partial charge in [-0.2, -0.15) is 24.9 Å². The number of nitrogens with two attached hydrogens (primary N) is 1. The zero-order valence-corrected chi connectivity index (χ0v) is 7.65. The molecule has 0 aliphatic rings. The summed E-state index contributed by atoms with van der Waals surface area (Å²) < 4.78 is 34.3. The van der Waals surface area contributed by atoms with Crippen molar-refractivity contribution in [2.45, 2.75) is 19.1 Å². The molecule has 0 saturated carbocycles. The van der Waals surface area contributed by atoms with Gasteiger partial charge in [-0.05, 0) is 6.92 Å². The standard InChI is InChI=1S/C5H10F3NS.ClH/c1-4(9)2-10-3-5(6,7)8;/h4H,2-3,9H2,1H3;1H. The van der Waals surface area contributed by atoms with Gasteiger partial charge in [-0.3, -0.25) is 0 Å². The molecule has 0 saturated heterocycles. The Bertz CT molecular complexity index is 96.2. The maximum Gasteiger partial charge on any atom is 0.397 e. The molecule has 0 rings (SSSR count). The molecule has 1 atom stereocenters. The average molecular weight is 210 g/mol. The molecule has 2 N–H and O–H groups in total. The topological polar surface area (TPSA) is 26.0 Å². The Morgan fingerprint density at radius 3 is 2.18 bits per heavy atom. The van der Waals surface area contributed by atoms with E-state index < -0.39 is 11.9 Å². The van der Waals surface area contributed by atoms with Crippen LogP contribution in [0.2, 0.25) is 0 Å². The van der Waals surface area contributed by atoms with Crippen molar-refractivity contribution in [3.63, 3.8) is 0 Å². The van der Waals surface area contributed by atoms with Crippen molar-refractivity contribution in [3.05, 3.63) is 0 Å². The van der Waals surface area contributed by atoms with Crippen LogP contribution in [0.3, 0.4) is 0 Å². The fraction of sp³-hybridized carbons (Fsp3) is 1.00. The van der Waals surface area contributed by atoms with Gasteiger partial charge in [0.05, 0.1) is 5.75 Å². The number of halogens is 4. The molecule has 0 aromatic heterocycles. The molecule has 0 heterocycles. The third-order valence-corrected chi connectivity index (χ3v) is 1.94. The predicted molar refractivity (Wildman–Crippen MR) is 44.3 cm³/mol. The van der Waals surface area contributed by atoms with Gasteiger partial charge >= 0.3 is 6.18 Å². The fourth-order valence-electron chi connectivity index (χ4n) is 0.361. The highest BCUT2D eigenvalue weighted by molar-refractivity contribution is 7.99. The van der Waals surface area contributed by atoms with Crippen LogP contribution in [0.25, 0.3) is 0 Å². The SMILES string of the molecule is CC(N)CSCC(F)(F)F.Cl. The molecule has 1 unspecified atom stereocenters. The van der Waals surface area contributed by atoms with Crippen LogP contribution in [0.15, 0.2) is 0 Å². The first-order valence-corrected chi connectivity index (χ1v) is 3.97. The molecular formula is C5H11ClF3NS. The number of rotatable bonds is 3. The third-order valence-electron chi connectivity index (χ3n) is 0.646. The van der Waals surface area contributed by atoms with E-state index in [1.54, 1.807) is 6.92 Å². The zero-order chi connectivity index (χ0) is 8.20. The summed E-state index contributed by atoms with van der Waals surface area (Å²) in [6.45, 7) is 1.68. The Balaban J connectivity index is 0. The summed E-state index contributed by atoms with van der Waals surface area (Å²) in [6, 6.07) is -0.160. The first kappa shape index (κ1) is 13.9. The van der Waals surface area contributed by atoms with Crippen molar-refractivity contribution in [2.75, 3.05) is 11.5 Å². The van der Waals surface area contributed by atoms with Gasteiger partial charge < -0.3 is 5.73 Å². The lowest BCUT2D eigenvalue weighted by Crippen LogP contribution is -2.20. The summed E-state index contributed by atoms with van der Waals surface area (Å²) in [7, 11) is 0. The van der Waals surface area contributed by atoms with Crippen molar-refractivity contribution >= 4 is 24.2 Å². The first-order chi connectivity index (χ1) is 4.42. The van der Waals surface area contributed by atoms with Crippen LogP contribution in [0, 0.1) is 0 Å². The van der Waals surface area contributed by atoms with Gasteiger partial charge in [-0.25, -0.2) is 0 Å². The van der Waals surface area contributed by atoms with Crippen LogP contribution in [0.1, 0.15) is 6.92 Å². The van der Waals surface area contributed by atoms with E-state index in [0.717, 1.165) is 11.8 Å². The van der Waals surface area contributed by atoms with E-state index in [-0.39, 0.29) is 18.4 Å². The Hall–Kier alpha value is 0.390. The molecule has 70 valence electrons. The number of hydrogen-bond donors (Lipinski definition) is 1. The molecule has 11 heavy (non-hydrogen) atoms. The maximum atomic E-state index is 11.4. The van der Waals surface area contributed by atoms with Crippen molar-refractivity contribution in [1.82, 2.24) is 0 Å². The lowest BCUT2D eigenvalue weighted by Gasteiger charge is -2.06. The Kier molecular flexibility index (Phi) is 7.57. The van der Waals surface area contributed by atoms with Crippen LogP contribution in [-0.4, -0.2) is 23.7 Å². The Morgan fingerprint density at radius 1 is 1.45 bits per heavy atom. The van der Waals surface area contributed by atoms with Gasteiger partial charge in [-0.15, -0.1) is 12.4 Å². The molecule has 0 spiro atoms. The van der Waals surface area contributed by atoms with Crippen molar-refractivity contribution in [1.29, 1.82) is 0 Å². The monoisotopic (exact) mass is 209 g/mol. The van der Waals surface area contributed by atoms with Gasteiger partial charge in [0, 0.05) is 11.8 Å². The van der Waals surface area contributed by atoms with Gasteiger partial charge in [0.25, 0.3) is 0 Å². The zero-order valence-electron chi connectivity index (χ0n) is 6.02. The summed E-state index contributed by atoms with van der Waals surface area (Å²) in [5.74, 6) is -0.436. The molecule has 0 amide bonds. The van der Waals surface area contributed by atoms with Crippen LogP contribution in [-0.2, 0) is 0 Å². The van der Waals surface area contributed by atoms with E-state index in [4.69, 9.17) is 5.73 Å². The van der Waals surface area contributed by atoms with Gasteiger partial charge in [0.15, 0.2) is 0 Å². The lowest BCUT2D eigenvalue weighted by atomic mass is 10.4. The number of hydrogen-bond acceptors (Lipinski definition) is 2. The van der Waals surface area contributed by atoms with Gasteiger partial charge in [0.2, 0.25) is 0 Å².